The van der Waals surface area contributed by atoms with E-state index in [0.29, 0.717) is 16.3 Å². The predicted molar refractivity (Wildman–Crippen MR) is 132 cm³/mol. The van der Waals surface area contributed by atoms with E-state index < -0.39 is 46.9 Å². The molecule has 6 nitrogen and oxygen atoms in total. The van der Waals surface area contributed by atoms with Crippen LogP contribution in [-0.2, 0) is 14.3 Å². The van der Waals surface area contributed by atoms with Crippen LogP contribution in [0.4, 0.5) is 5.69 Å². The minimum absolute atomic E-state index is 0.177. The quantitative estimate of drug-likeness (QED) is 0.301. The normalized spacial score (nSPS) is 24.2. The first-order valence-electron chi connectivity index (χ1n) is 10.7. The van der Waals surface area contributed by atoms with Gasteiger partial charge < -0.3 is 9.64 Å². The van der Waals surface area contributed by atoms with Gasteiger partial charge in [0.15, 0.2) is 17.1 Å². The fourth-order valence-corrected chi connectivity index (χ4v) is 6.48. The summed E-state index contributed by atoms with van der Waals surface area (Å²) in [6.45, 7) is 0. The van der Waals surface area contributed by atoms with Gasteiger partial charge in [-0.3, -0.25) is 19.2 Å². The van der Waals surface area contributed by atoms with Crippen LogP contribution in [0.15, 0.2) is 71.2 Å². The fraction of sp³-hybridized carbons (Fsp3) is 0.154. The Morgan fingerprint density at radius 3 is 2.06 bits per heavy atom. The summed E-state index contributed by atoms with van der Waals surface area (Å²) in [7, 11) is 0. The Hall–Kier alpha value is -3.00. The smallest absolute Gasteiger partial charge is 0.320 e. The van der Waals surface area contributed by atoms with Crippen molar-refractivity contribution >= 4 is 68.3 Å². The molecule has 0 unspecified atom stereocenters. The van der Waals surface area contributed by atoms with Gasteiger partial charge in [-0.25, -0.2) is 0 Å². The van der Waals surface area contributed by atoms with Gasteiger partial charge >= 0.3 is 11.9 Å². The van der Waals surface area contributed by atoms with Gasteiger partial charge in [0, 0.05) is 20.6 Å². The molecule has 2 aliphatic heterocycles. The maximum absolute atomic E-state index is 14.2. The Morgan fingerprint density at radius 2 is 1.46 bits per heavy atom. The number of ether oxygens (including phenoxy) is 1. The molecule has 35 heavy (non-hydrogen) atoms. The van der Waals surface area contributed by atoms with Crippen molar-refractivity contribution in [2.75, 3.05) is 4.90 Å². The van der Waals surface area contributed by atoms with Crippen molar-refractivity contribution in [2.24, 2.45) is 11.8 Å². The van der Waals surface area contributed by atoms with Crippen molar-refractivity contribution in [1.82, 2.24) is 0 Å². The molecule has 2 saturated heterocycles. The molecule has 174 valence electrons. The van der Waals surface area contributed by atoms with E-state index in [1.54, 1.807) is 65.6 Å². The molecular weight excluding hydrogens is 557 g/mol. The largest absolute Gasteiger partial charge is 0.393 e. The highest BCUT2D eigenvalue weighted by Crippen LogP contribution is 2.60. The molecule has 1 spiro atoms. The van der Waals surface area contributed by atoms with Crippen LogP contribution in [0.1, 0.15) is 32.3 Å². The summed E-state index contributed by atoms with van der Waals surface area (Å²) >= 11 is 16.2. The van der Waals surface area contributed by atoms with Crippen LogP contribution in [-0.4, -0.2) is 29.0 Å². The number of anilines is 1. The van der Waals surface area contributed by atoms with Gasteiger partial charge in [0.05, 0.1) is 22.7 Å². The molecule has 3 atom stereocenters. The average molecular weight is 571 g/mol. The number of fused-ring (bicyclic) bond motifs is 3. The topological polar surface area (TPSA) is 80.8 Å². The molecule has 0 aromatic heterocycles. The van der Waals surface area contributed by atoms with Crippen molar-refractivity contribution in [1.29, 1.82) is 0 Å². The minimum Gasteiger partial charge on any atom is -0.393 e. The van der Waals surface area contributed by atoms with Crippen LogP contribution in [0.3, 0.4) is 0 Å². The van der Waals surface area contributed by atoms with Crippen molar-refractivity contribution in [3.8, 4) is 0 Å². The van der Waals surface area contributed by atoms with Crippen LogP contribution in [0.5, 0.6) is 0 Å². The minimum atomic E-state index is -2.03. The van der Waals surface area contributed by atoms with Crippen LogP contribution < -0.4 is 4.90 Å². The lowest BCUT2D eigenvalue weighted by molar-refractivity contribution is -0.154. The number of carbonyl (C=O) groups excluding carboxylic acids is 4. The lowest BCUT2D eigenvalue weighted by Gasteiger charge is -2.40. The molecule has 0 radical (unpaired) electrons. The monoisotopic (exact) mass is 569 g/mol. The van der Waals surface area contributed by atoms with E-state index in [1.807, 2.05) is 0 Å². The van der Waals surface area contributed by atoms with E-state index in [2.05, 4.69) is 15.9 Å². The average Bonchev–Trinajstić information content (AvgIpc) is 3.39. The summed E-state index contributed by atoms with van der Waals surface area (Å²) < 4.78 is 5.85. The highest BCUT2D eigenvalue weighted by molar-refractivity contribution is 9.10. The predicted octanol–water partition coefficient (Wildman–Crippen LogP) is 5.45. The summed E-state index contributed by atoms with van der Waals surface area (Å²) in [6, 6.07) is 17.3. The zero-order valence-electron chi connectivity index (χ0n) is 17.7. The number of ketones is 2. The second-order valence-corrected chi connectivity index (χ2v) is 10.4. The summed E-state index contributed by atoms with van der Waals surface area (Å²) in [5.41, 5.74) is -0.722. The second kappa shape index (κ2) is 7.75. The Morgan fingerprint density at radius 1 is 0.829 bits per heavy atom. The molecule has 2 heterocycles. The van der Waals surface area contributed by atoms with Gasteiger partial charge in [-0.2, -0.15) is 0 Å². The first-order valence-corrected chi connectivity index (χ1v) is 12.3. The molecule has 3 aromatic rings. The Labute approximate surface area is 217 Å². The lowest BCUT2D eigenvalue weighted by Crippen LogP contribution is -2.59. The van der Waals surface area contributed by atoms with E-state index in [9.17, 15) is 19.2 Å². The van der Waals surface area contributed by atoms with E-state index in [1.165, 1.54) is 6.07 Å². The van der Waals surface area contributed by atoms with Crippen molar-refractivity contribution in [2.45, 2.75) is 11.6 Å². The first-order chi connectivity index (χ1) is 16.8. The summed E-state index contributed by atoms with van der Waals surface area (Å²) in [4.78, 5) is 56.2. The van der Waals surface area contributed by atoms with Crippen LogP contribution >= 0.6 is 39.1 Å². The Kier molecular flexibility index (Phi) is 4.97. The SMILES string of the molecule is O=C1OC(=O)[C@@H]2[C@H]1[C@@H](c1ccc(Br)cc1)N(c1ccc(Cl)cc1Cl)C21C(=O)c2ccccc2C1=O. The van der Waals surface area contributed by atoms with Crippen molar-refractivity contribution < 1.29 is 23.9 Å². The third-order valence-electron chi connectivity index (χ3n) is 7.02. The van der Waals surface area contributed by atoms with Gasteiger partial charge in [-0.15, -0.1) is 0 Å². The third-order valence-corrected chi connectivity index (χ3v) is 8.09. The molecule has 0 N–H and O–H groups in total. The molecule has 3 aromatic carbocycles. The standard InChI is InChI=1S/C26H14BrCl2NO5/c27-13-7-5-12(6-8-13)21-19-20(25(34)35-24(19)33)26(30(21)18-10-9-14(28)11-17(18)29)22(31)15-3-1-2-4-16(15)23(26)32/h1-11,19-21H/t19-,20-,21+/m0/s1. The molecule has 0 amide bonds. The van der Waals surface area contributed by atoms with Crippen molar-refractivity contribution in [3.05, 3.63) is 97.9 Å². The maximum Gasteiger partial charge on any atom is 0.320 e. The molecular formula is C26H14BrCl2NO5. The zero-order chi connectivity index (χ0) is 24.6. The van der Waals surface area contributed by atoms with Crippen LogP contribution in [0.25, 0.3) is 0 Å². The number of Topliss-reactive ketones (excluding diaryl/α,β-unsaturated/α-hetero) is 2. The molecule has 3 aliphatic rings. The van der Waals surface area contributed by atoms with Gasteiger partial charge in [0.25, 0.3) is 0 Å². The third kappa shape index (κ3) is 2.89. The summed E-state index contributed by atoms with van der Waals surface area (Å²) in [5.74, 6) is -5.25. The lowest BCUT2D eigenvalue weighted by atomic mass is 9.76. The molecule has 0 bridgehead atoms. The van der Waals surface area contributed by atoms with E-state index in [-0.39, 0.29) is 16.1 Å². The number of cyclic esters (lactones) is 2. The van der Waals surface area contributed by atoms with Crippen LogP contribution in [0, 0.1) is 11.8 Å². The van der Waals surface area contributed by atoms with Gasteiger partial charge in [-0.05, 0) is 35.9 Å². The highest BCUT2D eigenvalue weighted by atomic mass is 79.9. The van der Waals surface area contributed by atoms with Crippen LogP contribution in [0.2, 0.25) is 10.0 Å². The Bertz CT molecular complexity index is 1440. The first kappa shape index (κ1) is 22.5. The summed E-state index contributed by atoms with van der Waals surface area (Å²) in [6.07, 6.45) is 0. The molecule has 9 heteroatoms. The number of hydrogen-bond acceptors (Lipinski definition) is 6. The number of nitrogens with zero attached hydrogens (tertiary/aromatic N) is 1. The van der Waals surface area contributed by atoms with E-state index >= 15 is 0 Å². The van der Waals surface area contributed by atoms with E-state index in [0.717, 1.165) is 4.47 Å². The number of hydrogen-bond donors (Lipinski definition) is 0. The maximum atomic E-state index is 14.2. The van der Waals surface area contributed by atoms with Gasteiger partial charge in [0.2, 0.25) is 0 Å². The molecule has 6 rings (SSSR count). The number of halogens is 3. The number of rotatable bonds is 2. The van der Waals surface area contributed by atoms with E-state index in [4.69, 9.17) is 27.9 Å². The fourth-order valence-electron chi connectivity index (χ4n) is 5.71. The number of esters is 2. The number of carbonyl (C=O) groups is 4. The molecule has 2 fully saturated rings. The molecule has 1 aliphatic carbocycles. The van der Waals surface area contributed by atoms with Gasteiger partial charge in [0.1, 0.15) is 5.92 Å². The second-order valence-electron chi connectivity index (χ2n) is 8.68. The van der Waals surface area contributed by atoms with Gasteiger partial charge in [-0.1, -0.05) is 75.5 Å². The Balaban J connectivity index is 1.70. The molecule has 0 saturated carbocycles. The zero-order valence-corrected chi connectivity index (χ0v) is 20.8. The number of benzene rings is 3. The highest BCUT2D eigenvalue weighted by Gasteiger charge is 2.76. The summed E-state index contributed by atoms with van der Waals surface area (Å²) in [5, 5.41) is 0.534. The van der Waals surface area contributed by atoms with Crippen molar-refractivity contribution in [3.63, 3.8) is 0 Å².